The van der Waals surface area contributed by atoms with Crippen molar-refractivity contribution in [3.8, 4) is 0 Å². The number of carboxylic acids is 1. The van der Waals surface area contributed by atoms with Crippen LogP contribution >= 0.6 is 0 Å². The Labute approximate surface area is 146 Å². The van der Waals surface area contributed by atoms with Crippen LogP contribution in [-0.4, -0.2) is 36.1 Å². The highest BCUT2D eigenvalue weighted by molar-refractivity contribution is 5.72. The van der Waals surface area contributed by atoms with E-state index in [0.717, 1.165) is 44.9 Å². The van der Waals surface area contributed by atoms with Crippen molar-refractivity contribution in [2.45, 2.75) is 102 Å². The van der Waals surface area contributed by atoms with E-state index >= 15 is 0 Å². The van der Waals surface area contributed by atoms with Crippen LogP contribution in [0.2, 0.25) is 0 Å². The molecule has 1 aliphatic heterocycles. The normalized spacial score (nSPS) is 27.8. The molecule has 1 saturated heterocycles. The lowest BCUT2D eigenvalue weighted by molar-refractivity contribution is -0.210. The first kappa shape index (κ1) is 19.7. The topological polar surface area (TPSA) is 81.8 Å². The van der Waals surface area contributed by atoms with Crippen LogP contribution in [0.1, 0.15) is 83.5 Å². The SMILES string of the molecule is NC1CCCCC1.O=C(O)C(OC1CCCCO1)C1CCCCC1. The van der Waals surface area contributed by atoms with Crippen LogP contribution in [0.4, 0.5) is 0 Å². The van der Waals surface area contributed by atoms with Gasteiger partial charge in [0.05, 0.1) is 0 Å². The molecule has 5 nitrogen and oxygen atoms in total. The summed E-state index contributed by atoms with van der Waals surface area (Å²) in [5.74, 6) is -0.655. The van der Waals surface area contributed by atoms with Crippen LogP contribution in [0.15, 0.2) is 0 Å². The van der Waals surface area contributed by atoms with Gasteiger partial charge >= 0.3 is 5.97 Å². The molecule has 0 aromatic rings. The second-order valence-corrected chi connectivity index (χ2v) is 7.49. The van der Waals surface area contributed by atoms with Gasteiger partial charge < -0.3 is 20.3 Å². The third-order valence-electron chi connectivity index (χ3n) is 5.41. The average molecular weight is 341 g/mol. The van der Waals surface area contributed by atoms with Gasteiger partial charge in [-0.3, -0.25) is 0 Å². The highest BCUT2D eigenvalue weighted by Crippen LogP contribution is 2.30. The van der Waals surface area contributed by atoms with E-state index in [1.54, 1.807) is 0 Å². The summed E-state index contributed by atoms with van der Waals surface area (Å²) in [5, 5.41) is 9.28. The molecular formula is C19H35NO4. The van der Waals surface area contributed by atoms with Gasteiger partial charge in [0, 0.05) is 12.6 Å². The Morgan fingerprint density at radius 2 is 1.50 bits per heavy atom. The van der Waals surface area contributed by atoms with Crippen molar-refractivity contribution in [2.24, 2.45) is 11.7 Å². The van der Waals surface area contributed by atoms with Crippen molar-refractivity contribution in [1.82, 2.24) is 0 Å². The summed E-state index contributed by atoms with van der Waals surface area (Å²) < 4.78 is 11.1. The molecular weight excluding hydrogens is 306 g/mol. The molecule has 0 bridgehead atoms. The summed E-state index contributed by atoms with van der Waals surface area (Å²) in [4.78, 5) is 11.3. The van der Waals surface area contributed by atoms with Gasteiger partial charge in [0.15, 0.2) is 12.4 Å². The monoisotopic (exact) mass is 341 g/mol. The highest BCUT2D eigenvalue weighted by Gasteiger charge is 2.33. The molecule has 2 atom stereocenters. The fourth-order valence-corrected chi connectivity index (χ4v) is 3.92. The Bertz CT molecular complexity index is 345. The molecule has 3 N–H and O–H groups in total. The fourth-order valence-electron chi connectivity index (χ4n) is 3.92. The van der Waals surface area contributed by atoms with Gasteiger partial charge in [-0.15, -0.1) is 0 Å². The first-order chi connectivity index (χ1) is 11.7. The van der Waals surface area contributed by atoms with E-state index in [2.05, 4.69) is 0 Å². The Balaban J connectivity index is 0.000000249. The Hall–Kier alpha value is -0.650. The predicted octanol–water partition coefficient (Wildman–Crippen LogP) is 3.84. The summed E-state index contributed by atoms with van der Waals surface area (Å²) in [5.41, 5.74) is 5.63. The predicted molar refractivity (Wildman–Crippen MR) is 93.7 cm³/mol. The van der Waals surface area contributed by atoms with Crippen LogP contribution in [0.25, 0.3) is 0 Å². The Morgan fingerprint density at radius 1 is 0.917 bits per heavy atom. The summed E-state index contributed by atoms with van der Waals surface area (Å²) in [6.07, 6.45) is 14.1. The van der Waals surface area contributed by atoms with Crippen LogP contribution in [-0.2, 0) is 14.3 Å². The van der Waals surface area contributed by atoms with Crippen molar-refractivity contribution in [1.29, 1.82) is 0 Å². The van der Waals surface area contributed by atoms with Crippen LogP contribution in [0, 0.1) is 5.92 Å². The number of rotatable bonds is 4. The molecule has 3 aliphatic rings. The number of carboxylic acid groups (broad SMARTS) is 1. The van der Waals surface area contributed by atoms with E-state index < -0.39 is 12.1 Å². The van der Waals surface area contributed by atoms with Crippen LogP contribution in [0.5, 0.6) is 0 Å². The second kappa shape index (κ2) is 11.1. The molecule has 0 aromatic carbocycles. The molecule has 1 heterocycles. The molecule has 3 rings (SSSR count). The molecule has 3 fully saturated rings. The molecule has 2 unspecified atom stereocenters. The highest BCUT2D eigenvalue weighted by atomic mass is 16.7. The van der Waals surface area contributed by atoms with Gasteiger partial charge in [0.25, 0.3) is 0 Å². The zero-order valence-corrected chi connectivity index (χ0v) is 15.0. The lowest BCUT2D eigenvalue weighted by Gasteiger charge is -2.31. The van der Waals surface area contributed by atoms with Gasteiger partial charge in [-0.1, -0.05) is 38.5 Å². The van der Waals surface area contributed by atoms with E-state index in [4.69, 9.17) is 15.2 Å². The zero-order chi connectivity index (χ0) is 17.2. The maximum Gasteiger partial charge on any atom is 0.333 e. The van der Waals surface area contributed by atoms with Gasteiger partial charge in [-0.05, 0) is 50.9 Å². The number of nitrogens with two attached hydrogens (primary N) is 1. The molecule has 5 heteroatoms. The summed E-state index contributed by atoms with van der Waals surface area (Å²) in [7, 11) is 0. The number of ether oxygens (including phenoxy) is 2. The standard InChI is InChI=1S/C13H22O4.C6H13N/c14-13(15)12(10-6-2-1-3-7-10)17-11-8-4-5-9-16-11;7-6-4-2-1-3-5-6/h10-12H,1-9H2,(H,14,15);6H,1-5,7H2. The van der Waals surface area contributed by atoms with Crippen LogP contribution in [0.3, 0.4) is 0 Å². The minimum absolute atomic E-state index is 0.173. The number of hydrogen-bond acceptors (Lipinski definition) is 4. The van der Waals surface area contributed by atoms with Gasteiger partial charge in [-0.2, -0.15) is 0 Å². The minimum Gasteiger partial charge on any atom is -0.479 e. The van der Waals surface area contributed by atoms with Crippen molar-refractivity contribution in [3.63, 3.8) is 0 Å². The van der Waals surface area contributed by atoms with E-state index in [-0.39, 0.29) is 12.2 Å². The maximum atomic E-state index is 11.3. The first-order valence-corrected chi connectivity index (χ1v) is 9.92. The zero-order valence-electron chi connectivity index (χ0n) is 15.0. The van der Waals surface area contributed by atoms with Crippen molar-refractivity contribution >= 4 is 5.97 Å². The Kier molecular flexibility index (Phi) is 9.07. The summed E-state index contributed by atoms with van der Waals surface area (Å²) in [6.45, 7) is 0.696. The van der Waals surface area contributed by atoms with Crippen molar-refractivity contribution in [3.05, 3.63) is 0 Å². The molecule has 0 radical (unpaired) electrons. The van der Waals surface area contributed by atoms with Gasteiger partial charge in [0.2, 0.25) is 0 Å². The first-order valence-electron chi connectivity index (χ1n) is 9.92. The summed E-state index contributed by atoms with van der Waals surface area (Å²) >= 11 is 0. The molecule has 0 spiro atoms. The summed E-state index contributed by atoms with van der Waals surface area (Å²) in [6, 6.07) is 0.536. The molecule has 24 heavy (non-hydrogen) atoms. The number of hydrogen-bond donors (Lipinski definition) is 2. The molecule has 0 amide bonds. The lowest BCUT2D eigenvalue weighted by Crippen LogP contribution is -2.38. The van der Waals surface area contributed by atoms with Crippen molar-refractivity contribution < 1.29 is 19.4 Å². The minimum atomic E-state index is -0.828. The van der Waals surface area contributed by atoms with Crippen LogP contribution < -0.4 is 5.73 Å². The average Bonchev–Trinajstić information content (AvgIpc) is 2.62. The van der Waals surface area contributed by atoms with E-state index in [1.165, 1.54) is 38.5 Å². The third-order valence-corrected chi connectivity index (χ3v) is 5.41. The smallest absolute Gasteiger partial charge is 0.333 e. The largest absolute Gasteiger partial charge is 0.479 e. The molecule has 2 saturated carbocycles. The van der Waals surface area contributed by atoms with Gasteiger partial charge in [0.1, 0.15) is 0 Å². The lowest BCUT2D eigenvalue weighted by atomic mass is 9.85. The molecule has 140 valence electrons. The quantitative estimate of drug-likeness (QED) is 0.812. The number of aliphatic carboxylic acids is 1. The van der Waals surface area contributed by atoms with E-state index in [9.17, 15) is 9.90 Å². The van der Waals surface area contributed by atoms with Gasteiger partial charge in [-0.25, -0.2) is 4.79 Å². The second-order valence-electron chi connectivity index (χ2n) is 7.49. The van der Waals surface area contributed by atoms with Crippen molar-refractivity contribution in [2.75, 3.05) is 6.61 Å². The Morgan fingerprint density at radius 3 is 1.96 bits per heavy atom. The van der Waals surface area contributed by atoms with E-state index in [1.807, 2.05) is 0 Å². The number of carbonyl (C=O) groups is 1. The third kappa shape index (κ3) is 7.08. The fraction of sp³-hybridized carbons (Fsp3) is 0.947. The molecule has 0 aromatic heterocycles. The van der Waals surface area contributed by atoms with E-state index in [0.29, 0.717) is 12.6 Å². The molecule has 2 aliphatic carbocycles. The maximum absolute atomic E-state index is 11.3.